The zero-order valence-corrected chi connectivity index (χ0v) is 17.4. The number of nitrogens with zero attached hydrogens (tertiary/aromatic N) is 3. The van der Waals surface area contributed by atoms with E-state index in [0.717, 1.165) is 41.2 Å². The van der Waals surface area contributed by atoms with Crippen LogP contribution in [-0.4, -0.2) is 22.1 Å². The predicted octanol–water partition coefficient (Wildman–Crippen LogP) is 5.58. The average molecular weight is 388 g/mol. The molecule has 3 aromatic rings. The van der Waals surface area contributed by atoms with Gasteiger partial charge in [0.05, 0.1) is 18.5 Å². The molecule has 0 aliphatic carbocycles. The molecule has 0 fully saturated rings. The Bertz CT molecular complexity index is 934. The van der Waals surface area contributed by atoms with Gasteiger partial charge in [0.1, 0.15) is 11.4 Å². The van der Waals surface area contributed by atoms with Crippen LogP contribution in [0.2, 0.25) is 0 Å². The Morgan fingerprint density at radius 1 is 0.862 bits per heavy atom. The van der Waals surface area contributed by atoms with E-state index < -0.39 is 0 Å². The largest absolute Gasteiger partial charge is 0.497 e. The fourth-order valence-corrected chi connectivity index (χ4v) is 3.24. The van der Waals surface area contributed by atoms with Crippen molar-refractivity contribution in [3.8, 4) is 23.3 Å². The van der Waals surface area contributed by atoms with Crippen LogP contribution in [0.5, 0.6) is 5.75 Å². The quantitative estimate of drug-likeness (QED) is 0.355. The van der Waals surface area contributed by atoms with Crippen molar-refractivity contribution in [1.29, 1.82) is 0 Å². The first kappa shape index (κ1) is 20.7. The number of rotatable bonds is 9. The molecule has 0 amide bonds. The third-order valence-electron chi connectivity index (χ3n) is 4.92. The summed E-state index contributed by atoms with van der Waals surface area (Å²) in [5, 5.41) is 8.87. The highest BCUT2D eigenvalue weighted by Gasteiger charge is 2.12. The number of aromatic nitrogens is 3. The third-order valence-corrected chi connectivity index (χ3v) is 4.92. The molecule has 0 saturated heterocycles. The van der Waals surface area contributed by atoms with Crippen molar-refractivity contribution in [3.05, 3.63) is 71.5 Å². The van der Waals surface area contributed by atoms with Crippen LogP contribution in [0.4, 0.5) is 0 Å². The first-order valence-corrected chi connectivity index (χ1v) is 10.5. The Kier molecular flexibility index (Phi) is 7.89. The summed E-state index contributed by atoms with van der Waals surface area (Å²) in [5.74, 6) is 7.40. The molecule has 0 atom stereocenters. The van der Waals surface area contributed by atoms with Crippen molar-refractivity contribution in [2.45, 2.75) is 51.9 Å². The van der Waals surface area contributed by atoms with E-state index in [1.54, 1.807) is 7.11 Å². The lowest BCUT2D eigenvalue weighted by Gasteiger charge is -2.05. The summed E-state index contributed by atoms with van der Waals surface area (Å²) in [6, 6.07) is 17.9. The van der Waals surface area contributed by atoms with Crippen LogP contribution in [0.25, 0.3) is 5.69 Å². The molecule has 0 unspecified atom stereocenters. The van der Waals surface area contributed by atoms with Gasteiger partial charge in [0.15, 0.2) is 0 Å². The highest BCUT2D eigenvalue weighted by Crippen LogP contribution is 2.18. The summed E-state index contributed by atoms with van der Waals surface area (Å²) < 4.78 is 7.10. The maximum Gasteiger partial charge on any atom is 0.140 e. The summed E-state index contributed by atoms with van der Waals surface area (Å²) in [5.41, 5.74) is 3.76. The van der Waals surface area contributed by atoms with Gasteiger partial charge in [-0.05, 0) is 55.2 Å². The topological polar surface area (TPSA) is 39.9 Å². The number of methoxy groups -OCH3 is 1. The van der Waals surface area contributed by atoms with Gasteiger partial charge in [-0.15, -0.1) is 5.10 Å². The average Bonchev–Trinajstić information content (AvgIpc) is 3.18. The molecule has 2 aromatic carbocycles. The standard InChI is InChI=1S/C25H29N3O/c1-3-4-5-6-7-11-14-24-25(20-15-21-12-9-8-10-13-21)28(27-26-24)22-16-18-23(29-2)19-17-22/h8-10,12-13,16-19H,3-7,11,14H2,1-2H3. The molecule has 29 heavy (non-hydrogen) atoms. The van der Waals surface area contributed by atoms with Crippen LogP contribution in [0.15, 0.2) is 54.6 Å². The van der Waals surface area contributed by atoms with Crippen LogP contribution in [0, 0.1) is 11.8 Å². The fourth-order valence-electron chi connectivity index (χ4n) is 3.24. The molecular weight excluding hydrogens is 358 g/mol. The second kappa shape index (κ2) is 11.1. The minimum atomic E-state index is 0.818. The highest BCUT2D eigenvalue weighted by molar-refractivity contribution is 5.46. The van der Waals surface area contributed by atoms with Gasteiger partial charge in [0.25, 0.3) is 0 Å². The van der Waals surface area contributed by atoms with E-state index in [2.05, 4.69) is 29.1 Å². The number of aryl methyl sites for hydroxylation is 1. The van der Waals surface area contributed by atoms with E-state index in [4.69, 9.17) is 4.74 Å². The smallest absolute Gasteiger partial charge is 0.140 e. The Morgan fingerprint density at radius 2 is 1.59 bits per heavy atom. The molecule has 0 aliphatic rings. The SMILES string of the molecule is CCCCCCCCc1nnn(-c2ccc(OC)cc2)c1C#Cc1ccccc1. The molecule has 0 aliphatic heterocycles. The van der Waals surface area contributed by atoms with Crippen molar-refractivity contribution < 1.29 is 4.74 Å². The molecule has 1 aromatic heterocycles. The molecule has 3 rings (SSSR count). The summed E-state index contributed by atoms with van der Waals surface area (Å²) in [6.45, 7) is 2.25. The lowest BCUT2D eigenvalue weighted by molar-refractivity contribution is 0.414. The zero-order valence-electron chi connectivity index (χ0n) is 17.4. The molecule has 4 heteroatoms. The van der Waals surface area contributed by atoms with E-state index in [0.29, 0.717) is 0 Å². The van der Waals surface area contributed by atoms with Gasteiger partial charge in [0, 0.05) is 5.56 Å². The monoisotopic (exact) mass is 387 g/mol. The van der Waals surface area contributed by atoms with Crippen LogP contribution in [-0.2, 0) is 6.42 Å². The number of ether oxygens (including phenoxy) is 1. The van der Waals surface area contributed by atoms with Crippen LogP contribution in [0.1, 0.15) is 62.4 Å². The maximum absolute atomic E-state index is 5.27. The molecule has 0 saturated carbocycles. The molecule has 4 nitrogen and oxygen atoms in total. The zero-order chi connectivity index (χ0) is 20.3. The summed E-state index contributed by atoms with van der Waals surface area (Å²) in [6.07, 6.45) is 8.44. The predicted molar refractivity (Wildman–Crippen MR) is 117 cm³/mol. The number of unbranched alkanes of at least 4 members (excludes halogenated alkanes) is 5. The fraction of sp³-hybridized carbons (Fsp3) is 0.360. The summed E-state index contributed by atoms with van der Waals surface area (Å²) in [7, 11) is 1.67. The van der Waals surface area contributed by atoms with Gasteiger partial charge in [-0.25, -0.2) is 4.68 Å². The molecule has 0 spiro atoms. The Labute approximate surface area is 173 Å². The van der Waals surface area contributed by atoms with E-state index in [-0.39, 0.29) is 0 Å². The van der Waals surface area contributed by atoms with Crippen molar-refractivity contribution >= 4 is 0 Å². The molecule has 0 bridgehead atoms. The Balaban J connectivity index is 1.82. The number of benzene rings is 2. The van der Waals surface area contributed by atoms with E-state index in [1.807, 2.05) is 59.3 Å². The van der Waals surface area contributed by atoms with Gasteiger partial charge in [-0.2, -0.15) is 0 Å². The van der Waals surface area contributed by atoms with Gasteiger partial charge in [-0.1, -0.05) is 68.4 Å². The molecule has 0 radical (unpaired) electrons. The van der Waals surface area contributed by atoms with Gasteiger partial charge < -0.3 is 4.74 Å². The van der Waals surface area contributed by atoms with Crippen LogP contribution >= 0.6 is 0 Å². The second-order valence-electron chi connectivity index (χ2n) is 7.13. The first-order chi connectivity index (χ1) is 14.3. The normalized spacial score (nSPS) is 10.4. The van der Waals surface area contributed by atoms with Crippen LogP contribution < -0.4 is 4.74 Å². The minimum Gasteiger partial charge on any atom is -0.497 e. The van der Waals surface area contributed by atoms with E-state index >= 15 is 0 Å². The van der Waals surface area contributed by atoms with Gasteiger partial charge >= 0.3 is 0 Å². The van der Waals surface area contributed by atoms with Gasteiger partial charge in [-0.3, -0.25) is 0 Å². The lowest BCUT2D eigenvalue weighted by Crippen LogP contribution is -2.01. The highest BCUT2D eigenvalue weighted by atomic mass is 16.5. The van der Waals surface area contributed by atoms with Crippen molar-refractivity contribution in [1.82, 2.24) is 15.0 Å². The number of hydrogen-bond acceptors (Lipinski definition) is 3. The second-order valence-corrected chi connectivity index (χ2v) is 7.13. The maximum atomic E-state index is 5.27. The number of hydrogen-bond donors (Lipinski definition) is 0. The van der Waals surface area contributed by atoms with Crippen molar-refractivity contribution in [3.63, 3.8) is 0 Å². The van der Waals surface area contributed by atoms with Gasteiger partial charge in [0.2, 0.25) is 0 Å². The molecule has 1 heterocycles. The molecule has 0 N–H and O–H groups in total. The summed E-state index contributed by atoms with van der Waals surface area (Å²) in [4.78, 5) is 0. The molecular formula is C25H29N3O. The molecule has 150 valence electrons. The van der Waals surface area contributed by atoms with E-state index in [1.165, 1.54) is 32.1 Å². The lowest BCUT2D eigenvalue weighted by atomic mass is 10.1. The third kappa shape index (κ3) is 5.96. The van der Waals surface area contributed by atoms with E-state index in [9.17, 15) is 0 Å². The Hall–Kier alpha value is -3.06. The summed E-state index contributed by atoms with van der Waals surface area (Å²) >= 11 is 0. The van der Waals surface area contributed by atoms with Crippen molar-refractivity contribution in [2.75, 3.05) is 7.11 Å². The minimum absolute atomic E-state index is 0.818. The van der Waals surface area contributed by atoms with Crippen molar-refractivity contribution in [2.24, 2.45) is 0 Å². The Morgan fingerprint density at radius 3 is 2.31 bits per heavy atom. The van der Waals surface area contributed by atoms with Crippen LogP contribution in [0.3, 0.4) is 0 Å². The first-order valence-electron chi connectivity index (χ1n) is 10.5.